The highest BCUT2D eigenvalue weighted by molar-refractivity contribution is 5.54. The Kier molecular flexibility index (Phi) is 3.19. The molecule has 0 bridgehead atoms. The summed E-state index contributed by atoms with van der Waals surface area (Å²) >= 11 is 0. The number of nitro benzene ring substituents is 1. The van der Waals surface area contributed by atoms with E-state index in [4.69, 9.17) is 0 Å². The van der Waals surface area contributed by atoms with Gasteiger partial charge in [-0.3, -0.25) is 10.1 Å². The highest BCUT2D eigenvalue weighted by Gasteiger charge is 2.22. The van der Waals surface area contributed by atoms with Gasteiger partial charge in [0.1, 0.15) is 5.69 Å². The number of rotatable bonds is 2. The van der Waals surface area contributed by atoms with Crippen LogP contribution in [-0.4, -0.2) is 31.1 Å². The second-order valence-electron chi connectivity index (χ2n) is 3.75. The van der Waals surface area contributed by atoms with E-state index in [9.17, 15) is 18.9 Å². The van der Waals surface area contributed by atoms with Gasteiger partial charge in [0.2, 0.25) is 0 Å². The number of nitro groups is 1. The average Bonchev–Trinajstić information content (AvgIpc) is 2.29. The molecule has 0 aliphatic carbocycles. The average molecular weight is 243 g/mol. The smallest absolute Gasteiger partial charge is 0.275 e. The minimum Gasteiger partial charge on any atom is -0.364 e. The molecule has 1 saturated heterocycles. The van der Waals surface area contributed by atoms with Crippen molar-refractivity contribution in [2.75, 3.05) is 31.1 Å². The molecule has 1 N–H and O–H groups in total. The number of hydrogen-bond donors (Lipinski definition) is 1. The predicted octanol–water partition coefficient (Wildman–Crippen LogP) is 1.28. The molecular formula is C10H11F2N3O2. The molecule has 0 spiro atoms. The summed E-state index contributed by atoms with van der Waals surface area (Å²) in [6.07, 6.45) is 0. The molecule has 17 heavy (non-hydrogen) atoms. The van der Waals surface area contributed by atoms with E-state index < -0.39 is 22.2 Å². The largest absolute Gasteiger partial charge is 0.364 e. The third kappa shape index (κ3) is 2.33. The van der Waals surface area contributed by atoms with Crippen molar-refractivity contribution in [3.63, 3.8) is 0 Å². The predicted molar refractivity (Wildman–Crippen MR) is 58.1 cm³/mol. The lowest BCUT2D eigenvalue weighted by molar-refractivity contribution is -0.385. The quantitative estimate of drug-likeness (QED) is 0.628. The molecule has 92 valence electrons. The fourth-order valence-corrected chi connectivity index (χ4v) is 1.85. The fraction of sp³-hybridized carbons (Fsp3) is 0.400. The van der Waals surface area contributed by atoms with Crippen LogP contribution in [0.2, 0.25) is 0 Å². The van der Waals surface area contributed by atoms with Gasteiger partial charge in [-0.2, -0.15) is 0 Å². The summed E-state index contributed by atoms with van der Waals surface area (Å²) in [5.74, 6) is -1.78. The van der Waals surface area contributed by atoms with Crippen molar-refractivity contribution in [1.29, 1.82) is 0 Å². The number of halogens is 2. The van der Waals surface area contributed by atoms with Gasteiger partial charge in [-0.15, -0.1) is 0 Å². The topological polar surface area (TPSA) is 58.4 Å². The number of anilines is 1. The van der Waals surface area contributed by atoms with Crippen molar-refractivity contribution >= 4 is 11.4 Å². The van der Waals surface area contributed by atoms with Gasteiger partial charge >= 0.3 is 0 Å². The summed E-state index contributed by atoms with van der Waals surface area (Å²) in [6.45, 7) is 2.23. The Hall–Kier alpha value is -1.76. The molecule has 1 aliphatic heterocycles. The molecule has 1 fully saturated rings. The minimum absolute atomic E-state index is 0.183. The van der Waals surface area contributed by atoms with Crippen LogP contribution in [0.15, 0.2) is 12.1 Å². The van der Waals surface area contributed by atoms with Gasteiger partial charge < -0.3 is 10.2 Å². The maximum Gasteiger partial charge on any atom is 0.275 e. The molecule has 0 amide bonds. The summed E-state index contributed by atoms with van der Waals surface area (Å²) in [5, 5.41) is 13.5. The number of hydrogen-bond acceptors (Lipinski definition) is 4. The monoisotopic (exact) mass is 243 g/mol. The molecule has 2 rings (SSSR count). The van der Waals surface area contributed by atoms with Gasteiger partial charge in [0, 0.05) is 26.2 Å². The standard InChI is InChI=1S/C10H11F2N3O2/c11-8-5-7(15(16)17)6-9(12)10(8)14-3-1-13-2-4-14/h5-6,13H,1-4H2. The molecule has 0 atom stereocenters. The van der Waals surface area contributed by atoms with Crippen LogP contribution >= 0.6 is 0 Å². The molecule has 1 heterocycles. The van der Waals surface area contributed by atoms with Gasteiger partial charge in [-0.25, -0.2) is 8.78 Å². The van der Waals surface area contributed by atoms with E-state index in [-0.39, 0.29) is 5.69 Å². The van der Waals surface area contributed by atoms with Crippen molar-refractivity contribution in [3.8, 4) is 0 Å². The second-order valence-corrected chi connectivity index (χ2v) is 3.75. The van der Waals surface area contributed by atoms with Crippen LogP contribution in [0, 0.1) is 21.7 Å². The summed E-state index contributed by atoms with van der Waals surface area (Å²) in [7, 11) is 0. The minimum atomic E-state index is -0.890. The number of benzene rings is 1. The maximum atomic E-state index is 13.6. The lowest BCUT2D eigenvalue weighted by Gasteiger charge is -2.29. The number of nitrogens with one attached hydrogen (secondary N) is 1. The summed E-state index contributed by atoms with van der Waals surface area (Å²) < 4.78 is 27.3. The van der Waals surface area contributed by atoms with Gasteiger partial charge in [0.15, 0.2) is 11.6 Å². The van der Waals surface area contributed by atoms with Crippen LogP contribution in [0.5, 0.6) is 0 Å². The first-order valence-corrected chi connectivity index (χ1v) is 5.18. The van der Waals surface area contributed by atoms with Crippen LogP contribution in [0.1, 0.15) is 0 Å². The van der Waals surface area contributed by atoms with Gasteiger partial charge in [-0.1, -0.05) is 0 Å². The zero-order valence-corrected chi connectivity index (χ0v) is 8.95. The first-order chi connectivity index (χ1) is 8.09. The van der Waals surface area contributed by atoms with Gasteiger partial charge in [-0.05, 0) is 0 Å². The molecule has 0 unspecified atom stereocenters. The molecule has 7 heteroatoms. The van der Waals surface area contributed by atoms with E-state index in [0.29, 0.717) is 26.2 Å². The highest BCUT2D eigenvalue weighted by atomic mass is 19.1. The Morgan fingerprint density at radius 1 is 1.24 bits per heavy atom. The van der Waals surface area contributed by atoms with Crippen molar-refractivity contribution in [1.82, 2.24) is 5.32 Å². The third-order valence-corrected chi connectivity index (χ3v) is 2.65. The molecule has 0 radical (unpaired) electrons. The Morgan fingerprint density at radius 2 is 1.76 bits per heavy atom. The SMILES string of the molecule is O=[N+]([O-])c1cc(F)c(N2CCNCC2)c(F)c1. The van der Waals surface area contributed by atoms with E-state index in [2.05, 4.69) is 5.32 Å². The van der Waals surface area contributed by atoms with Crippen LogP contribution in [0.3, 0.4) is 0 Å². The van der Waals surface area contributed by atoms with E-state index in [0.717, 1.165) is 12.1 Å². The first-order valence-electron chi connectivity index (χ1n) is 5.18. The van der Waals surface area contributed by atoms with Crippen molar-refractivity contribution in [2.24, 2.45) is 0 Å². The van der Waals surface area contributed by atoms with Crippen LogP contribution in [0.25, 0.3) is 0 Å². The van der Waals surface area contributed by atoms with Crippen molar-refractivity contribution in [3.05, 3.63) is 33.9 Å². The molecule has 0 saturated carbocycles. The number of piperazine rings is 1. The number of nitrogens with zero attached hydrogens (tertiary/aromatic N) is 2. The zero-order chi connectivity index (χ0) is 12.4. The Bertz CT molecular complexity index is 424. The summed E-state index contributed by atoms with van der Waals surface area (Å²) in [6, 6.07) is 1.50. The van der Waals surface area contributed by atoms with Crippen molar-refractivity contribution in [2.45, 2.75) is 0 Å². The van der Waals surface area contributed by atoms with Crippen LogP contribution in [-0.2, 0) is 0 Å². The normalized spacial score (nSPS) is 16.0. The van der Waals surface area contributed by atoms with E-state index in [1.807, 2.05) is 0 Å². The summed E-state index contributed by atoms with van der Waals surface area (Å²) in [5.41, 5.74) is -0.754. The summed E-state index contributed by atoms with van der Waals surface area (Å²) in [4.78, 5) is 11.2. The van der Waals surface area contributed by atoms with E-state index in [1.54, 1.807) is 4.90 Å². The number of non-ortho nitro benzene ring substituents is 1. The lowest BCUT2D eigenvalue weighted by atomic mass is 10.2. The second kappa shape index (κ2) is 4.62. The molecular weight excluding hydrogens is 232 g/mol. The van der Waals surface area contributed by atoms with Crippen LogP contribution < -0.4 is 10.2 Å². The zero-order valence-electron chi connectivity index (χ0n) is 8.95. The van der Waals surface area contributed by atoms with Crippen LogP contribution in [0.4, 0.5) is 20.2 Å². The third-order valence-electron chi connectivity index (χ3n) is 2.65. The first kappa shape index (κ1) is 11.7. The van der Waals surface area contributed by atoms with Crippen molar-refractivity contribution < 1.29 is 13.7 Å². The maximum absolute atomic E-state index is 13.6. The molecule has 1 aliphatic rings. The molecule has 5 nitrogen and oxygen atoms in total. The lowest BCUT2D eigenvalue weighted by Crippen LogP contribution is -2.44. The Balaban J connectivity index is 2.37. The van der Waals surface area contributed by atoms with E-state index >= 15 is 0 Å². The molecule has 1 aromatic rings. The molecule has 1 aromatic carbocycles. The van der Waals surface area contributed by atoms with Gasteiger partial charge in [0.25, 0.3) is 5.69 Å². The fourth-order valence-electron chi connectivity index (χ4n) is 1.85. The molecule has 0 aromatic heterocycles. The highest BCUT2D eigenvalue weighted by Crippen LogP contribution is 2.28. The Morgan fingerprint density at radius 3 is 2.24 bits per heavy atom. The Labute approximate surface area is 96.2 Å². The van der Waals surface area contributed by atoms with Gasteiger partial charge in [0.05, 0.1) is 17.1 Å². The van der Waals surface area contributed by atoms with E-state index in [1.165, 1.54) is 0 Å².